The summed E-state index contributed by atoms with van der Waals surface area (Å²) in [7, 11) is 1.86. The maximum atomic E-state index is 11.8. The van der Waals surface area contributed by atoms with E-state index in [9.17, 15) is 4.79 Å². The van der Waals surface area contributed by atoms with Crippen molar-refractivity contribution in [2.45, 2.75) is 6.42 Å². The molecule has 94 valence electrons. The van der Waals surface area contributed by atoms with Crippen molar-refractivity contribution in [1.82, 2.24) is 20.1 Å². The minimum Gasteiger partial charge on any atom is -0.397 e. The fraction of sp³-hybridized carbons (Fsp3) is 0.250. The lowest BCUT2D eigenvalue weighted by atomic mass is 10.2. The molecule has 1 amide bonds. The third kappa shape index (κ3) is 2.85. The molecule has 0 saturated carbocycles. The van der Waals surface area contributed by atoms with Gasteiger partial charge in [0.05, 0.1) is 23.6 Å². The number of nitrogens with zero attached hydrogens (tertiary/aromatic N) is 3. The topological polar surface area (TPSA) is 85.8 Å². The average Bonchev–Trinajstić information content (AvgIpc) is 2.75. The van der Waals surface area contributed by atoms with Gasteiger partial charge in [-0.3, -0.25) is 14.5 Å². The molecular weight excluding hydrogens is 230 g/mol. The van der Waals surface area contributed by atoms with E-state index >= 15 is 0 Å². The van der Waals surface area contributed by atoms with Crippen molar-refractivity contribution in [3.8, 4) is 0 Å². The summed E-state index contributed by atoms with van der Waals surface area (Å²) >= 11 is 0. The Kier molecular flexibility index (Phi) is 3.57. The number of carbonyl (C=O) groups excluding carboxylic acids is 1. The fourth-order valence-corrected chi connectivity index (χ4v) is 1.63. The minimum absolute atomic E-state index is 0.182. The zero-order valence-electron chi connectivity index (χ0n) is 10.1. The second kappa shape index (κ2) is 5.31. The van der Waals surface area contributed by atoms with Crippen LogP contribution < -0.4 is 11.1 Å². The zero-order chi connectivity index (χ0) is 13.0. The molecule has 0 aliphatic heterocycles. The van der Waals surface area contributed by atoms with E-state index in [0.717, 1.165) is 12.0 Å². The molecule has 2 heterocycles. The minimum atomic E-state index is -0.182. The summed E-state index contributed by atoms with van der Waals surface area (Å²) in [6, 6.07) is 1.61. The summed E-state index contributed by atoms with van der Waals surface area (Å²) in [5.41, 5.74) is 7.60. The van der Waals surface area contributed by atoms with Crippen molar-refractivity contribution in [2.24, 2.45) is 7.05 Å². The molecule has 2 aromatic rings. The zero-order valence-corrected chi connectivity index (χ0v) is 10.1. The quantitative estimate of drug-likeness (QED) is 0.814. The lowest BCUT2D eigenvalue weighted by Gasteiger charge is -2.06. The summed E-state index contributed by atoms with van der Waals surface area (Å²) in [5, 5.41) is 6.88. The second-order valence-electron chi connectivity index (χ2n) is 3.99. The molecule has 0 radical (unpaired) electrons. The number of amides is 1. The molecule has 0 bridgehead atoms. The van der Waals surface area contributed by atoms with Gasteiger partial charge < -0.3 is 11.1 Å². The maximum Gasteiger partial charge on any atom is 0.253 e. The summed E-state index contributed by atoms with van der Waals surface area (Å²) < 4.78 is 1.73. The van der Waals surface area contributed by atoms with Gasteiger partial charge in [0.2, 0.25) is 0 Å². The van der Waals surface area contributed by atoms with Crippen molar-refractivity contribution < 1.29 is 4.79 Å². The number of nitrogens with one attached hydrogen (secondary N) is 1. The van der Waals surface area contributed by atoms with Crippen LogP contribution in [0.5, 0.6) is 0 Å². The Hall–Kier alpha value is -2.37. The van der Waals surface area contributed by atoms with Crippen molar-refractivity contribution in [1.29, 1.82) is 0 Å². The highest BCUT2D eigenvalue weighted by molar-refractivity contribution is 5.98. The predicted octanol–water partition coefficient (Wildman–Crippen LogP) is 0.370. The Morgan fingerprint density at radius 2 is 2.33 bits per heavy atom. The van der Waals surface area contributed by atoms with Crippen LogP contribution in [0.15, 0.2) is 30.9 Å². The van der Waals surface area contributed by atoms with Crippen molar-refractivity contribution in [2.75, 3.05) is 12.3 Å². The first-order valence-electron chi connectivity index (χ1n) is 5.62. The Balaban J connectivity index is 1.87. The predicted molar refractivity (Wildman–Crippen MR) is 67.9 cm³/mol. The average molecular weight is 245 g/mol. The maximum absolute atomic E-state index is 11.8. The van der Waals surface area contributed by atoms with E-state index in [0.29, 0.717) is 17.8 Å². The third-order valence-corrected chi connectivity index (χ3v) is 2.55. The number of pyridine rings is 1. The molecule has 0 atom stereocenters. The highest BCUT2D eigenvalue weighted by atomic mass is 16.1. The SMILES string of the molecule is Cn1cc(CCNC(=O)c2ccncc2N)cn1. The van der Waals surface area contributed by atoms with Gasteiger partial charge in [0.1, 0.15) is 0 Å². The van der Waals surface area contributed by atoms with E-state index in [-0.39, 0.29) is 5.91 Å². The Morgan fingerprint density at radius 3 is 3.00 bits per heavy atom. The van der Waals surface area contributed by atoms with Gasteiger partial charge in [-0.05, 0) is 18.1 Å². The van der Waals surface area contributed by atoms with Crippen LogP contribution in [0.3, 0.4) is 0 Å². The number of rotatable bonds is 4. The van der Waals surface area contributed by atoms with Gasteiger partial charge in [-0.2, -0.15) is 5.10 Å². The van der Waals surface area contributed by atoms with E-state index in [1.54, 1.807) is 23.1 Å². The highest BCUT2D eigenvalue weighted by Crippen LogP contribution is 2.07. The Labute approximate surface area is 105 Å². The molecule has 6 nitrogen and oxygen atoms in total. The van der Waals surface area contributed by atoms with Crippen LogP contribution in [0.2, 0.25) is 0 Å². The molecule has 0 unspecified atom stereocenters. The van der Waals surface area contributed by atoms with Crippen LogP contribution >= 0.6 is 0 Å². The molecule has 3 N–H and O–H groups in total. The normalized spacial score (nSPS) is 10.3. The van der Waals surface area contributed by atoms with Crippen molar-refractivity contribution in [3.05, 3.63) is 42.0 Å². The summed E-state index contributed by atoms with van der Waals surface area (Å²) in [6.07, 6.45) is 7.47. The van der Waals surface area contributed by atoms with Gasteiger partial charge in [0.15, 0.2) is 0 Å². The lowest BCUT2D eigenvalue weighted by Crippen LogP contribution is -2.26. The third-order valence-electron chi connectivity index (χ3n) is 2.55. The molecular formula is C12H15N5O. The number of carbonyl (C=O) groups is 1. The number of aryl methyl sites for hydroxylation is 1. The first-order valence-corrected chi connectivity index (χ1v) is 5.62. The van der Waals surface area contributed by atoms with E-state index < -0.39 is 0 Å². The van der Waals surface area contributed by atoms with E-state index in [1.807, 2.05) is 13.2 Å². The molecule has 2 aromatic heterocycles. The standard InChI is InChI=1S/C12H15N5O/c1-17-8-9(6-16-17)2-5-15-12(18)10-3-4-14-7-11(10)13/h3-4,6-8H,2,5,13H2,1H3,(H,15,18). The monoisotopic (exact) mass is 245 g/mol. The molecule has 0 aliphatic carbocycles. The van der Waals surface area contributed by atoms with Gasteiger partial charge >= 0.3 is 0 Å². The van der Waals surface area contributed by atoms with Gasteiger partial charge in [0, 0.05) is 26.0 Å². The van der Waals surface area contributed by atoms with Gasteiger partial charge in [-0.25, -0.2) is 0 Å². The number of nitrogen functional groups attached to an aromatic ring is 1. The molecule has 0 fully saturated rings. The van der Waals surface area contributed by atoms with Gasteiger partial charge in [-0.15, -0.1) is 0 Å². The first kappa shape index (κ1) is 12.1. The molecule has 0 spiro atoms. The van der Waals surface area contributed by atoms with Gasteiger partial charge in [-0.1, -0.05) is 0 Å². The molecule has 0 aromatic carbocycles. The largest absolute Gasteiger partial charge is 0.397 e. The summed E-state index contributed by atoms with van der Waals surface area (Å²) in [5.74, 6) is -0.182. The number of hydrogen-bond acceptors (Lipinski definition) is 4. The number of hydrogen-bond donors (Lipinski definition) is 2. The van der Waals surface area contributed by atoms with Crippen LogP contribution in [-0.2, 0) is 13.5 Å². The molecule has 2 rings (SSSR count). The van der Waals surface area contributed by atoms with Crippen LogP contribution in [0, 0.1) is 0 Å². The Morgan fingerprint density at radius 1 is 1.50 bits per heavy atom. The molecule has 0 aliphatic rings. The lowest BCUT2D eigenvalue weighted by molar-refractivity contribution is 0.0955. The molecule has 18 heavy (non-hydrogen) atoms. The smallest absolute Gasteiger partial charge is 0.253 e. The molecule has 0 saturated heterocycles. The van der Waals surface area contributed by atoms with E-state index in [1.165, 1.54) is 6.20 Å². The second-order valence-corrected chi connectivity index (χ2v) is 3.99. The summed E-state index contributed by atoms with van der Waals surface area (Å²) in [4.78, 5) is 15.7. The number of nitrogens with two attached hydrogens (primary N) is 1. The highest BCUT2D eigenvalue weighted by Gasteiger charge is 2.08. The van der Waals surface area contributed by atoms with Crippen molar-refractivity contribution >= 4 is 11.6 Å². The number of anilines is 1. The Bertz CT molecular complexity index is 549. The van der Waals surface area contributed by atoms with Crippen LogP contribution in [0.4, 0.5) is 5.69 Å². The van der Waals surface area contributed by atoms with Crippen molar-refractivity contribution in [3.63, 3.8) is 0 Å². The summed E-state index contributed by atoms with van der Waals surface area (Å²) in [6.45, 7) is 0.548. The van der Waals surface area contributed by atoms with E-state index in [4.69, 9.17) is 5.73 Å². The first-order chi connectivity index (χ1) is 8.66. The molecule has 6 heteroatoms. The number of aromatic nitrogens is 3. The van der Waals surface area contributed by atoms with Crippen LogP contribution in [0.1, 0.15) is 15.9 Å². The van der Waals surface area contributed by atoms with E-state index in [2.05, 4.69) is 15.4 Å². The van der Waals surface area contributed by atoms with Crippen LogP contribution in [0.25, 0.3) is 0 Å². The fourth-order valence-electron chi connectivity index (χ4n) is 1.63. The van der Waals surface area contributed by atoms with Gasteiger partial charge in [0.25, 0.3) is 5.91 Å². The van der Waals surface area contributed by atoms with Crippen LogP contribution in [-0.4, -0.2) is 27.2 Å².